The molecule has 0 saturated heterocycles. The van der Waals surface area contributed by atoms with Crippen LogP contribution in [0.15, 0.2) is 61.1 Å². The second kappa shape index (κ2) is 10.1. The summed E-state index contributed by atoms with van der Waals surface area (Å²) in [5.74, 6) is 0.350. The average Bonchev–Trinajstić information content (AvgIpc) is 2.79. The topological polar surface area (TPSA) is 104 Å². The number of aromatic nitrogens is 2. The summed E-state index contributed by atoms with van der Waals surface area (Å²) < 4.78 is 21.4. The van der Waals surface area contributed by atoms with Crippen LogP contribution in [0, 0.1) is 11.3 Å². The van der Waals surface area contributed by atoms with Crippen molar-refractivity contribution in [2.45, 2.75) is 0 Å². The predicted octanol–water partition coefficient (Wildman–Crippen LogP) is 4.75. The third-order valence-electron chi connectivity index (χ3n) is 3.93. The number of hydrogen-bond acceptors (Lipinski definition) is 8. The minimum absolute atomic E-state index is 0.155. The van der Waals surface area contributed by atoms with Crippen molar-refractivity contribution in [3.8, 4) is 29.3 Å². The summed E-state index contributed by atoms with van der Waals surface area (Å²) in [6, 6.07) is 14.9. The number of esters is 1. The zero-order chi connectivity index (χ0) is 22.2. The fraction of sp³-hybridized carbons (Fsp3) is 0.0909. The van der Waals surface area contributed by atoms with E-state index in [1.165, 1.54) is 38.9 Å². The first-order valence-electron chi connectivity index (χ1n) is 8.83. The Morgan fingerprint density at radius 3 is 2.42 bits per heavy atom. The van der Waals surface area contributed by atoms with Gasteiger partial charge in [-0.15, -0.1) is 0 Å². The molecule has 0 N–H and O–H groups in total. The number of carbonyl (C=O) groups is 1. The van der Waals surface area contributed by atoms with Gasteiger partial charge in [-0.1, -0.05) is 29.8 Å². The molecule has 0 aliphatic rings. The van der Waals surface area contributed by atoms with Crippen LogP contribution in [-0.2, 0) is 14.3 Å². The monoisotopic (exact) mass is 437 g/mol. The Bertz CT molecular complexity index is 1170. The van der Waals surface area contributed by atoms with Crippen LogP contribution in [0.5, 0.6) is 23.3 Å². The van der Waals surface area contributed by atoms with Gasteiger partial charge in [0.1, 0.15) is 29.5 Å². The molecule has 156 valence electrons. The van der Waals surface area contributed by atoms with Crippen LogP contribution >= 0.6 is 11.6 Å². The van der Waals surface area contributed by atoms with Crippen LogP contribution in [0.4, 0.5) is 0 Å². The standard InChI is InChI=1S/C22H16ClN3O5/c1-28-12-17(22(27)29-2)16-5-3-4-6-19(16)31-21-10-20(25-13-26-21)30-18-8-7-15(23)9-14(18)11-24/h3-10,12-13H,1-2H3/b17-12+. The SMILES string of the molecule is CO/C=C(/C(=O)OC)c1ccccc1Oc1cc(Oc2ccc(Cl)cc2C#N)ncn1. The first-order chi connectivity index (χ1) is 15.0. The fourth-order valence-corrected chi connectivity index (χ4v) is 2.74. The molecule has 3 aromatic rings. The number of benzene rings is 2. The van der Waals surface area contributed by atoms with Crippen LogP contribution in [0.3, 0.4) is 0 Å². The Morgan fingerprint density at radius 2 is 1.74 bits per heavy atom. The predicted molar refractivity (Wildman–Crippen MR) is 112 cm³/mol. The molecule has 0 amide bonds. The molecule has 0 atom stereocenters. The van der Waals surface area contributed by atoms with E-state index in [2.05, 4.69) is 9.97 Å². The zero-order valence-corrected chi connectivity index (χ0v) is 17.3. The smallest absolute Gasteiger partial charge is 0.341 e. The Kier molecular flexibility index (Phi) is 7.04. The van der Waals surface area contributed by atoms with Gasteiger partial charge in [-0.3, -0.25) is 0 Å². The molecule has 0 fully saturated rings. The van der Waals surface area contributed by atoms with Gasteiger partial charge >= 0.3 is 5.97 Å². The van der Waals surface area contributed by atoms with E-state index >= 15 is 0 Å². The highest BCUT2D eigenvalue weighted by Crippen LogP contribution is 2.32. The lowest BCUT2D eigenvalue weighted by molar-refractivity contribution is -0.133. The van der Waals surface area contributed by atoms with E-state index in [9.17, 15) is 10.1 Å². The number of halogens is 1. The highest BCUT2D eigenvalue weighted by molar-refractivity contribution is 6.30. The van der Waals surface area contributed by atoms with E-state index < -0.39 is 5.97 Å². The minimum atomic E-state index is -0.587. The second-order valence-corrected chi connectivity index (χ2v) is 6.34. The van der Waals surface area contributed by atoms with Crippen molar-refractivity contribution < 1.29 is 23.7 Å². The molecule has 0 bridgehead atoms. The van der Waals surface area contributed by atoms with Crippen molar-refractivity contribution >= 4 is 23.1 Å². The Hall–Kier alpha value is -4.09. The first kappa shape index (κ1) is 21.6. The van der Waals surface area contributed by atoms with Crippen molar-refractivity contribution in [1.29, 1.82) is 5.26 Å². The van der Waals surface area contributed by atoms with Crippen molar-refractivity contribution in [1.82, 2.24) is 9.97 Å². The zero-order valence-electron chi connectivity index (χ0n) is 16.5. The van der Waals surface area contributed by atoms with Gasteiger partial charge in [0.2, 0.25) is 11.8 Å². The van der Waals surface area contributed by atoms with Crippen LogP contribution in [0.2, 0.25) is 5.02 Å². The quantitative estimate of drug-likeness (QED) is 0.296. The van der Waals surface area contributed by atoms with Crippen molar-refractivity contribution in [3.63, 3.8) is 0 Å². The summed E-state index contributed by atoms with van der Waals surface area (Å²) in [7, 11) is 2.70. The minimum Gasteiger partial charge on any atom is -0.503 e. The normalized spacial score (nSPS) is 10.7. The molecule has 31 heavy (non-hydrogen) atoms. The van der Waals surface area contributed by atoms with Crippen LogP contribution in [0.25, 0.3) is 5.57 Å². The lowest BCUT2D eigenvalue weighted by Gasteiger charge is -2.12. The molecular weight excluding hydrogens is 422 g/mol. The van der Waals surface area contributed by atoms with E-state index in [0.717, 1.165) is 0 Å². The largest absolute Gasteiger partial charge is 0.503 e. The third-order valence-corrected chi connectivity index (χ3v) is 4.16. The summed E-state index contributed by atoms with van der Waals surface area (Å²) in [6.45, 7) is 0. The maximum atomic E-state index is 12.1. The number of nitrogens with zero attached hydrogens (tertiary/aromatic N) is 3. The molecule has 1 aromatic heterocycles. The van der Waals surface area contributed by atoms with Gasteiger partial charge in [0.15, 0.2) is 0 Å². The summed E-state index contributed by atoms with van der Waals surface area (Å²) in [5.41, 5.74) is 0.874. The molecule has 1 heterocycles. The van der Waals surface area contributed by atoms with Gasteiger partial charge in [0.05, 0.1) is 32.1 Å². The van der Waals surface area contributed by atoms with E-state index in [-0.39, 0.29) is 28.6 Å². The van der Waals surface area contributed by atoms with Gasteiger partial charge in [0, 0.05) is 10.6 Å². The molecule has 9 heteroatoms. The van der Waals surface area contributed by atoms with Gasteiger partial charge in [-0.2, -0.15) is 5.26 Å². The molecule has 0 saturated carbocycles. The van der Waals surface area contributed by atoms with Crippen LogP contribution in [0.1, 0.15) is 11.1 Å². The Labute approximate surface area is 183 Å². The maximum absolute atomic E-state index is 12.1. The number of hydrogen-bond donors (Lipinski definition) is 0. The summed E-state index contributed by atoms with van der Waals surface area (Å²) in [5, 5.41) is 9.68. The average molecular weight is 438 g/mol. The summed E-state index contributed by atoms with van der Waals surface area (Å²) in [6.07, 6.45) is 2.52. The summed E-state index contributed by atoms with van der Waals surface area (Å²) in [4.78, 5) is 20.3. The van der Waals surface area contributed by atoms with Gasteiger partial charge in [-0.25, -0.2) is 14.8 Å². The Balaban J connectivity index is 1.90. The second-order valence-electron chi connectivity index (χ2n) is 5.91. The molecule has 8 nitrogen and oxygen atoms in total. The molecule has 0 aliphatic carbocycles. The molecule has 0 spiro atoms. The van der Waals surface area contributed by atoms with Gasteiger partial charge < -0.3 is 18.9 Å². The fourth-order valence-electron chi connectivity index (χ4n) is 2.57. The molecular formula is C22H16ClN3O5. The molecule has 0 unspecified atom stereocenters. The number of ether oxygens (including phenoxy) is 4. The van der Waals surface area contributed by atoms with E-state index in [0.29, 0.717) is 16.3 Å². The van der Waals surface area contributed by atoms with Crippen molar-refractivity contribution in [3.05, 3.63) is 77.3 Å². The highest BCUT2D eigenvalue weighted by Gasteiger charge is 2.18. The first-order valence-corrected chi connectivity index (χ1v) is 9.21. The number of para-hydroxylation sites is 1. The molecule has 0 aliphatic heterocycles. The highest BCUT2D eigenvalue weighted by atomic mass is 35.5. The maximum Gasteiger partial charge on any atom is 0.341 e. The molecule has 3 rings (SSSR count). The Morgan fingerprint density at radius 1 is 1.03 bits per heavy atom. The van der Waals surface area contributed by atoms with Crippen LogP contribution in [-0.4, -0.2) is 30.2 Å². The third kappa shape index (κ3) is 5.29. The van der Waals surface area contributed by atoms with E-state index in [1.807, 2.05) is 6.07 Å². The number of methoxy groups -OCH3 is 2. The van der Waals surface area contributed by atoms with Crippen LogP contribution < -0.4 is 9.47 Å². The lowest BCUT2D eigenvalue weighted by Crippen LogP contribution is -2.06. The van der Waals surface area contributed by atoms with E-state index in [4.69, 9.17) is 30.5 Å². The molecule has 2 aromatic carbocycles. The number of carbonyl (C=O) groups excluding carboxylic acids is 1. The van der Waals surface area contributed by atoms with Crippen molar-refractivity contribution in [2.24, 2.45) is 0 Å². The lowest BCUT2D eigenvalue weighted by atomic mass is 10.1. The van der Waals surface area contributed by atoms with Gasteiger partial charge in [-0.05, 0) is 24.3 Å². The van der Waals surface area contributed by atoms with E-state index in [1.54, 1.807) is 36.4 Å². The molecule has 0 radical (unpaired) electrons. The van der Waals surface area contributed by atoms with Gasteiger partial charge in [0.25, 0.3) is 0 Å². The number of rotatable bonds is 7. The number of nitriles is 1. The van der Waals surface area contributed by atoms with Crippen molar-refractivity contribution in [2.75, 3.05) is 14.2 Å². The summed E-state index contributed by atoms with van der Waals surface area (Å²) >= 11 is 5.91.